The van der Waals surface area contributed by atoms with Gasteiger partial charge in [-0.2, -0.15) is 0 Å². The predicted octanol–water partition coefficient (Wildman–Crippen LogP) is 3.33. The number of aliphatic hydroxyl groups excluding tert-OH is 1. The summed E-state index contributed by atoms with van der Waals surface area (Å²) in [4.78, 5) is 14.6. The Bertz CT molecular complexity index is 639. The van der Waals surface area contributed by atoms with Crippen LogP contribution in [0.15, 0.2) is 54.6 Å². The number of benzene rings is 2. The lowest BCUT2D eigenvalue weighted by Crippen LogP contribution is -2.34. The van der Waals surface area contributed by atoms with Crippen LogP contribution in [-0.4, -0.2) is 22.5 Å². The normalized spacial score (nSPS) is 18.7. The lowest BCUT2D eigenvalue weighted by Gasteiger charge is -2.32. The Kier molecular flexibility index (Phi) is 3.76. The van der Waals surface area contributed by atoms with Crippen LogP contribution < -0.4 is 0 Å². The molecule has 0 radical (unpaired) electrons. The largest absolute Gasteiger partial charge is 0.394 e. The van der Waals surface area contributed by atoms with Crippen molar-refractivity contribution in [3.63, 3.8) is 0 Å². The summed E-state index contributed by atoms with van der Waals surface area (Å²) in [7, 11) is 0. The molecule has 21 heavy (non-hydrogen) atoms. The minimum Gasteiger partial charge on any atom is -0.394 e. The van der Waals surface area contributed by atoms with Crippen molar-refractivity contribution in [1.82, 2.24) is 4.90 Å². The molecule has 1 amide bonds. The third-order valence-electron chi connectivity index (χ3n) is 4.20. The van der Waals surface area contributed by atoms with Gasteiger partial charge < -0.3 is 10.0 Å². The first kappa shape index (κ1) is 13.8. The van der Waals surface area contributed by atoms with Crippen LogP contribution >= 0.6 is 0 Å². The standard InChI is InChI=1S/C18H19NO2/c1-2-16-14-10-6-7-11-15(14)18(21)19(16)17(12-20)13-8-4-3-5-9-13/h3-11,16-17,20H,2,12H2,1H3/t16-,17-/m0/s1. The van der Waals surface area contributed by atoms with Crippen LogP contribution in [0.5, 0.6) is 0 Å². The van der Waals surface area contributed by atoms with E-state index in [9.17, 15) is 9.90 Å². The third-order valence-corrected chi connectivity index (χ3v) is 4.20. The molecule has 0 unspecified atom stereocenters. The van der Waals surface area contributed by atoms with Gasteiger partial charge in [0.15, 0.2) is 0 Å². The Balaban J connectivity index is 2.04. The zero-order chi connectivity index (χ0) is 14.8. The van der Waals surface area contributed by atoms with E-state index in [-0.39, 0.29) is 24.6 Å². The number of amides is 1. The highest BCUT2D eigenvalue weighted by atomic mass is 16.3. The summed E-state index contributed by atoms with van der Waals surface area (Å²) in [5.74, 6) is 0.0142. The number of rotatable bonds is 4. The van der Waals surface area contributed by atoms with Crippen LogP contribution in [0.3, 0.4) is 0 Å². The molecule has 108 valence electrons. The molecule has 1 heterocycles. The van der Waals surface area contributed by atoms with Gasteiger partial charge in [0.2, 0.25) is 0 Å². The number of carbonyl (C=O) groups excluding carboxylic acids is 1. The predicted molar refractivity (Wildman–Crippen MR) is 81.9 cm³/mol. The first-order chi connectivity index (χ1) is 10.3. The van der Waals surface area contributed by atoms with Crippen molar-refractivity contribution < 1.29 is 9.90 Å². The maximum absolute atomic E-state index is 12.8. The van der Waals surface area contributed by atoms with E-state index in [4.69, 9.17) is 0 Å². The summed E-state index contributed by atoms with van der Waals surface area (Å²) >= 11 is 0. The molecule has 3 nitrogen and oxygen atoms in total. The molecule has 0 fully saturated rings. The molecular weight excluding hydrogens is 262 g/mol. The van der Waals surface area contributed by atoms with Crippen molar-refractivity contribution in [3.05, 3.63) is 71.3 Å². The minimum absolute atomic E-state index is 0.0142. The van der Waals surface area contributed by atoms with E-state index in [0.717, 1.165) is 23.1 Å². The molecule has 0 aliphatic carbocycles. The fourth-order valence-electron chi connectivity index (χ4n) is 3.22. The second-order valence-electron chi connectivity index (χ2n) is 5.33. The molecular formula is C18H19NO2. The van der Waals surface area contributed by atoms with Crippen molar-refractivity contribution in [1.29, 1.82) is 0 Å². The maximum Gasteiger partial charge on any atom is 0.255 e. The molecule has 0 aromatic heterocycles. The van der Waals surface area contributed by atoms with Crippen molar-refractivity contribution in [2.45, 2.75) is 25.4 Å². The second-order valence-corrected chi connectivity index (χ2v) is 5.33. The Morgan fingerprint density at radius 2 is 1.76 bits per heavy atom. The molecule has 0 spiro atoms. The van der Waals surface area contributed by atoms with Crippen LogP contribution in [-0.2, 0) is 0 Å². The maximum atomic E-state index is 12.8. The smallest absolute Gasteiger partial charge is 0.255 e. The Labute approximate surface area is 124 Å². The molecule has 3 rings (SSSR count). The highest BCUT2D eigenvalue weighted by Crippen LogP contribution is 2.41. The van der Waals surface area contributed by atoms with E-state index in [2.05, 4.69) is 6.92 Å². The summed E-state index contributed by atoms with van der Waals surface area (Å²) in [5, 5.41) is 9.86. The molecule has 1 N–H and O–H groups in total. The molecule has 2 aromatic carbocycles. The van der Waals surface area contributed by atoms with Gasteiger partial charge in [-0.25, -0.2) is 0 Å². The van der Waals surface area contributed by atoms with E-state index >= 15 is 0 Å². The molecule has 1 aliphatic rings. The summed E-state index contributed by atoms with van der Waals surface area (Å²) in [5.41, 5.74) is 2.80. The number of carbonyl (C=O) groups is 1. The SMILES string of the molecule is CC[C@H]1c2ccccc2C(=O)N1[C@@H](CO)c1ccccc1. The van der Waals surface area contributed by atoms with Gasteiger partial charge in [0.05, 0.1) is 18.7 Å². The van der Waals surface area contributed by atoms with Crippen molar-refractivity contribution in [3.8, 4) is 0 Å². The van der Waals surface area contributed by atoms with Gasteiger partial charge >= 0.3 is 0 Å². The lowest BCUT2D eigenvalue weighted by atomic mass is 10.0. The van der Waals surface area contributed by atoms with Crippen LogP contribution in [0.2, 0.25) is 0 Å². The van der Waals surface area contributed by atoms with E-state index in [0.29, 0.717) is 0 Å². The van der Waals surface area contributed by atoms with Gasteiger partial charge in [0.25, 0.3) is 5.91 Å². The first-order valence-electron chi connectivity index (χ1n) is 7.35. The average Bonchev–Trinajstić information content (AvgIpc) is 2.82. The quantitative estimate of drug-likeness (QED) is 0.934. The van der Waals surface area contributed by atoms with E-state index in [1.807, 2.05) is 59.5 Å². The van der Waals surface area contributed by atoms with Crippen molar-refractivity contribution in [2.24, 2.45) is 0 Å². The minimum atomic E-state index is -0.295. The third kappa shape index (κ3) is 2.24. The molecule has 0 saturated carbocycles. The first-order valence-corrected chi connectivity index (χ1v) is 7.35. The van der Waals surface area contributed by atoms with E-state index < -0.39 is 0 Å². The molecule has 3 heteroatoms. The Morgan fingerprint density at radius 3 is 2.43 bits per heavy atom. The summed E-state index contributed by atoms with van der Waals surface area (Å²) in [6.07, 6.45) is 0.839. The van der Waals surface area contributed by atoms with Gasteiger partial charge in [-0.3, -0.25) is 4.79 Å². The van der Waals surface area contributed by atoms with Gasteiger partial charge in [-0.15, -0.1) is 0 Å². The topological polar surface area (TPSA) is 40.5 Å². The fraction of sp³-hybridized carbons (Fsp3) is 0.278. The van der Waals surface area contributed by atoms with Crippen LogP contribution in [0.25, 0.3) is 0 Å². The summed E-state index contributed by atoms with van der Waals surface area (Å²) in [6, 6.07) is 17.2. The highest BCUT2D eigenvalue weighted by molar-refractivity contribution is 5.99. The van der Waals surface area contributed by atoms with E-state index in [1.165, 1.54) is 0 Å². The number of aliphatic hydroxyl groups is 1. The monoisotopic (exact) mass is 281 g/mol. The van der Waals surface area contributed by atoms with Gasteiger partial charge in [0.1, 0.15) is 0 Å². The van der Waals surface area contributed by atoms with Crippen molar-refractivity contribution in [2.75, 3.05) is 6.61 Å². The van der Waals surface area contributed by atoms with E-state index in [1.54, 1.807) is 0 Å². The van der Waals surface area contributed by atoms with Crippen LogP contribution in [0, 0.1) is 0 Å². The highest BCUT2D eigenvalue weighted by Gasteiger charge is 2.39. The molecule has 0 saturated heterocycles. The molecule has 0 bridgehead atoms. The summed E-state index contributed by atoms with van der Waals surface area (Å²) in [6.45, 7) is 2.01. The molecule has 2 atom stereocenters. The summed E-state index contributed by atoms with van der Waals surface area (Å²) < 4.78 is 0. The average molecular weight is 281 g/mol. The number of nitrogens with zero attached hydrogens (tertiary/aromatic N) is 1. The lowest BCUT2D eigenvalue weighted by molar-refractivity contribution is 0.0511. The van der Waals surface area contributed by atoms with Gasteiger partial charge in [0, 0.05) is 5.56 Å². The number of fused-ring (bicyclic) bond motifs is 1. The van der Waals surface area contributed by atoms with Crippen LogP contribution in [0.4, 0.5) is 0 Å². The second kappa shape index (κ2) is 5.70. The van der Waals surface area contributed by atoms with Crippen molar-refractivity contribution >= 4 is 5.91 Å². The number of hydrogen-bond acceptors (Lipinski definition) is 2. The number of hydrogen-bond donors (Lipinski definition) is 1. The van der Waals surface area contributed by atoms with Crippen LogP contribution in [0.1, 0.15) is 46.9 Å². The zero-order valence-corrected chi connectivity index (χ0v) is 12.1. The Hall–Kier alpha value is -2.13. The van der Waals surface area contributed by atoms with Gasteiger partial charge in [-0.1, -0.05) is 55.5 Å². The molecule has 1 aliphatic heterocycles. The van der Waals surface area contributed by atoms with Gasteiger partial charge in [-0.05, 0) is 23.6 Å². The molecule has 2 aromatic rings. The fourth-order valence-corrected chi connectivity index (χ4v) is 3.22. The zero-order valence-electron chi connectivity index (χ0n) is 12.1. The Morgan fingerprint density at radius 1 is 1.10 bits per heavy atom.